The molecule has 0 aliphatic carbocycles. The molecule has 0 spiro atoms. The number of rotatable bonds is 4. The van der Waals surface area contributed by atoms with Gasteiger partial charge in [-0.1, -0.05) is 23.8 Å². The van der Waals surface area contributed by atoms with Crippen molar-refractivity contribution in [1.29, 1.82) is 0 Å². The Balaban J connectivity index is 4.35. The normalized spacial score (nSPS) is 15.1. The largest absolute Gasteiger partial charge is 0.399 e. The Bertz CT molecular complexity index is 364. The predicted octanol–water partition coefficient (Wildman–Crippen LogP) is 0.640. The maximum atomic E-state index is 10.7. The molecule has 0 bridgehead atoms. The highest BCUT2D eigenvalue weighted by molar-refractivity contribution is 7.89. The second-order valence-electron chi connectivity index (χ2n) is 2.97. The number of hydrogen-bond acceptors (Lipinski definition) is 3. The topological polar surface area (TPSA) is 86.2 Å². The first-order valence-corrected chi connectivity index (χ1v) is 5.83. The number of allylic oxidation sites excluding steroid dienone is 4. The Morgan fingerprint density at radius 2 is 2.00 bits per heavy atom. The Kier molecular flexibility index (Phi) is 5.19. The molecule has 0 unspecified atom stereocenters. The minimum absolute atomic E-state index is 0.132. The van der Waals surface area contributed by atoms with Crippen LogP contribution in [0.4, 0.5) is 0 Å². The molecular weight excluding hydrogens is 200 g/mol. The molecule has 0 radical (unpaired) electrons. The summed E-state index contributed by atoms with van der Waals surface area (Å²) in [6, 6.07) is 0. The van der Waals surface area contributed by atoms with Crippen LogP contribution in [-0.2, 0) is 10.0 Å². The fraction of sp³-hybridized carbons (Fsp3) is 0.333. The summed E-state index contributed by atoms with van der Waals surface area (Å²) in [5.41, 5.74) is 6.79. The smallest absolute Gasteiger partial charge is 0.212 e. The molecule has 0 aromatic heterocycles. The molecule has 0 aromatic carbocycles. The second-order valence-corrected chi connectivity index (χ2v) is 4.58. The van der Waals surface area contributed by atoms with Crippen LogP contribution in [0.3, 0.4) is 0 Å². The molecule has 0 atom stereocenters. The Labute approximate surface area is 85.0 Å². The van der Waals surface area contributed by atoms with Gasteiger partial charge in [0.2, 0.25) is 10.0 Å². The van der Waals surface area contributed by atoms with Crippen molar-refractivity contribution in [2.24, 2.45) is 10.9 Å². The monoisotopic (exact) mass is 216 g/mol. The van der Waals surface area contributed by atoms with E-state index in [1.165, 1.54) is 0 Å². The summed E-state index contributed by atoms with van der Waals surface area (Å²) < 4.78 is 21.3. The van der Waals surface area contributed by atoms with Crippen LogP contribution < -0.4 is 10.9 Å². The van der Waals surface area contributed by atoms with E-state index in [1.54, 1.807) is 31.2 Å². The molecule has 4 N–H and O–H groups in total. The Morgan fingerprint density at radius 1 is 1.43 bits per heavy atom. The fourth-order valence-electron chi connectivity index (χ4n) is 0.785. The van der Waals surface area contributed by atoms with Gasteiger partial charge in [0.1, 0.15) is 0 Å². The summed E-state index contributed by atoms with van der Waals surface area (Å²) in [7, 11) is -3.43. The van der Waals surface area contributed by atoms with E-state index in [9.17, 15) is 8.42 Å². The van der Waals surface area contributed by atoms with Crippen LogP contribution in [0.25, 0.3) is 0 Å². The zero-order valence-corrected chi connectivity index (χ0v) is 9.21. The molecule has 0 saturated carbocycles. The first-order chi connectivity index (χ1) is 6.35. The molecule has 0 aromatic rings. The van der Waals surface area contributed by atoms with Crippen LogP contribution in [0.5, 0.6) is 0 Å². The van der Waals surface area contributed by atoms with Gasteiger partial charge >= 0.3 is 0 Å². The summed E-state index contributed by atoms with van der Waals surface area (Å²) in [5, 5.41) is 4.87. The van der Waals surface area contributed by atoms with Crippen molar-refractivity contribution in [3.63, 3.8) is 0 Å². The van der Waals surface area contributed by atoms with E-state index >= 15 is 0 Å². The molecule has 5 heteroatoms. The SMILES string of the molecule is C\C=C(N)/C=C\C=C(/C)CS(N)(=O)=O. The van der Waals surface area contributed by atoms with Gasteiger partial charge in [-0.2, -0.15) is 0 Å². The molecule has 4 nitrogen and oxygen atoms in total. The molecule has 0 rings (SSSR count). The Hall–Kier alpha value is -1.07. The highest BCUT2D eigenvalue weighted by atomic mass is 32.2. The van der Waals surface area contributed by atoms with Crippen molar-refractivity contribution in [3.05, 3.63) is 35.6 Å². The van der Waals surface area contributed by atoms with Crippen LogP contribution in [-0.4, -0.2) is 14.2 Å². The van der Waals surface area contributed by atoms with E-state index in [1.807, 2.05) is 6.92 Å². The van der Waals surface area contributed by atoms with Gasteiger partial charge in [0, 0.05) is 5.70 Å². The third-order valence-corrected chi connectivity index (χ3v) is 2.29. The molecule has 80 valence electrons. The van der Waals surface area contributed by atoms with E-state index in [0.29, 0.717) is 11.3 Å². The van der Waals surface area contributed by atoms with Crippen molar-refractivity contribution in [1.82, 2.24) is 0 Å². The van der Waals surface area contributed by atoms with Crippen molar-refractivity contribution in [2.75, 3.05) is 5.75 Å². The lowest BCUT2D eigenvalue weighted by atomic mass is 10.3. The lowest BCUT2D eigenvalue weighted by molar-refractivity contribution is 0.600. The standard InChI is InChI=1S/C9H16N2O2S/c1-3-9(10)6-4-5-8(2)7-14(11,12)13/h3-6H,7,10H2,1-2H3,(H2,11,12,13)/b6-4-,8-5+,9-3+. The summed E-state index contributed by atoms with van der Waals surface area (Å²) in [4.78, 5) is 0. The number of hydrogen-bond donors (Lipinski definition) is 2. The molecule has 0 aliphatic heterocycles. The highest BCUT2D eigenvalue weighted by Crippen LogP contribution is 1.97. The van der Waals surface area contributed by atoms with Crippen LogP contribution in [0, 0.1) is 0 Å². The Morgan fingerprint density at radius 3 is 2.43 bits per heavy atom. The average Bonchev–Trinajstić information content (AvgIpc) is 2.00. The first-order valence-electron chi connectivity index (χ1n) is 4.11. The van der Waals surface area contributed by atoms with Gasteiger partial charge in [-0.15, -0.1) is 0 Å². The quantitative estimate of drug-likeness (QED) is 0.676. The summed E-state index contributed by atoms with van der Waals surface area (Å²) in [5.74, 6) is -0.132. The van der Waals surface area contributed by atoms with Gasteiger partial charge in [0.15, 0.2) is 0 Å². The van der Waals surface area contributed by atoms with Crippen LogP contribution in [0.1, 0.15) is 13.8 Å². The summed E-state index contributed by atoms with van der Waals surface area (Å²) >= 11 is 0. The molecule has 0 fully saturated rings. The molecule has 0 aliphatic rings. The minimum Gasteiger partial charge on any atom is -0.399 e. The van der Waals surface area contributed by atoms with Gasteiger partial charge < -0.3 is 5.73 Å². The van der Waals surface area contributed by atoms with Crippen molar-refractivity contribution >= 4 is 10.0 Å². The zero-order chi connectivity index (χ0) is 11.2. The van der Waals surface area contributed by atoms with E-state index < -0.39 is 10.0 Å². The van der Waals surface area contributed by atoms with E-state index in [2.05, 4.69) is 0 Å². The lowest BCUT2D eigenvalue weighted by Gasteiger charge is -1.96. The average molecular weight is 216 g/mol. The maximum absolute atomic E-state index is 10.7. The van der Waals surface area contributed by atoms with Gasteiger partial charge in [-0.3, -0.25) is 0 Å². The number of sulfonamides is 1. The molecule has 0 saturated heterocycles. The number of primary sulfonamides is 1. The number of nitrogens with two attached hydrogens (primary N) is 2. The zero-order valence-electron chi connectivity index (χ0n) is 8.40. The van der Waals surface area contributed by atoms with Gasteiger partial charge in [-0.25, -0.2) is 13.6 Å². The lowest BCUT2D eigenvalue weighted by Crippen LogP contribution is -2.16. The second kappa shape index (κ2) is 5.62. The van der Waals surface area contributed by atoms with E-state index in [0.717, 1.165) is 0 Å². The molecule has 0 amide bonds. The third kappa shape index (κ3) is 7.57. The maximum Gasteiger partial charge on any atom is 0.212 e. The predicted molar refractivity (Wildman–Crippen MR) is 58.8 cm³/mol. The fourth-order valence-corrected chi connectivity index (χ4v) is 1.52. The van der Waals surface area contributed by atoms with E-state index in [4.69, 9.17) is 10.9 Å². The van der Waals surface area contributed by atoms with Crippen LogP contribution >= 0.6 is 0 Å². The summed E-state index contributed by atoms with van der Waals surface area (Å²) in [6.07, 6.45) is 6.79. The van der Waals surface area contributed by atoms with Crippen LogP contribution in [0.15, 0.2) is 35.6 Å². The van der Waals surface area contributed by atoms with Crippen molar-refractivity contribution in [3.8, 4) is 0 Å². The van der Waals surface area contributed by atoms with Gasteiger partial charge in [0.25, 0.3) is 0 Å². The summed E-state index contributed by atoms with van der Waals surface area (Å²) in [6.45, 7) is 3.52. The van der Waals surface area contributed by atoms with Gasteiger partial charge in [-0.05, 0) is 19.9 Å². The van der Waals surface area contributed by atoms with E-state index in [-0.39, 0.29) is 5.75 Å². The molecule has 14 heavy (non-hydrogen) atoms. The van der Waals surface area contributed by atoms with Crippen molar-refractivity contribution < 1.29 is 8.42 Å². The third-order valence-electron chi connectivity index (χ3n) is 1.43. The van der Waals surface area contributed by atoms with Crippen LogP contribution in [0.2, 0.25) is 0 Å². The molecular formula is C9H16N2O2S. The minimum atomic E-state index is -3.43. The molecule has 0 heterocycles. The van der Waals surface area contributed by atoms with Crippen molar-refractivity contribution in [2.45, 2.75) is 13.8 Å². The first kappa shape index (κ1) is 12.9. The highest BCUT2D eigenvalue weighted by Gasteiger charge is 2.01. The van der Waals surface area contributed by atoms with Gasteiger partial charge in [0.05, 0.1) is 5.75 Å².